The molecule has 0 atom stereocenters. The number of imidazole rings is 2. The molecule has 0 saturated heterocycles. The Morgan fingerprint density at radius 1 is 0.767 bits per heavy atom. The predicted molar refractivity (Wildman–Crippen MR) is 122 cm³/mol. The van der Waals surface area contributed by atoms with Crippen LogP contribution < -0.4 is 11.5 Å². The third-order valence-corrected chi connectivity index (χ3v) is 3.61. The van der Waals surface area contributed by atoms with Crippen molar-refractivity contribution in [3.8, 4) is 0 Å². The van der Waals surface area contributed by atoms with Gasteiger partial charge in [-0.25, -0.2) is 9.97 Å². The minimum absolute atomic E-state index is 0.729. The van der Waals surface area contributed by atoms with Gasteiger partial charge in [0.1, 0.15) is 6.29 Å². The van der Waals surface area contributed by atoms with Crippen LogP contribution in [-0.2, 0) is 0 Å². The van der Waals surface area contributed by atoms with Gasteiger partial charge in [-0.1, -0.05) is 42.5 Å². The van der Waals surface area contributed by atoms with E-state index in [-0.39, 0.29) is 0 Å². The number of nitrogens with zero attached hydrogens (tertiary/aromatic N) is 2. The maximum Gasteiger partial charge on any atom is 0.150 e. The average Bonchev–Trinajstić information content (AvgIpc) is 3.52. The second-order valence-corrected chi connectivity index (χ2v) is 5.88. The van der Waals surface area contributed by atoms with Gasteiger partial charge < -0.3 is 21.4 Å². The zero-order chi connectivity index (χ0) is 21.4. The highest BCUT2D eigenvalue weighted by molar-refractivity contribution is 5.74. The largest absolute Gasteiger partial charge is 0.399 e. The third-order valence-electron chi connectivity index (χ3n) is 3.61. The monoisotopic (exact) mass is 400 g/mol. The van der Waals surface area contributed by atoms with E-state index in [1.165, 1.54) is 0 Å². The Balaban J connectivity index is 0.000000145. The van der Waals surface area contributed by atoms with Crippen LogP contribution in [0.1, 0.15) is 10.4 Å². The topological polar surface area (TPSA) is 126 Å². The summed E-state index contributed by atoms with van der Waals surface area (Å²) in [6.07, 6.45) is 7.62. The van der Waals surface area contributed by atoms with Crippen LogP contribution in [0.5, 0.6) is 0 Å². The van der Waals surface area contributed by atoms with Gasteiger partial charge in [-0.05, 0) is 36.4 Å². The minimum atomic E-state index is 0.729. The molecule has 30 heavy (non-hydrogen) atoms. The number of nitrogens with two attached hydrogens (primary N) is 2. The lowest BCUT2D eigenvalue weighted by atomic mass is 10.2. The van der Waals surface area contributed by atoms with E-state index in [0.717, 1.165) is 34.3 Å². The second-order valence-electron chi connectivity index (χ2n) is 5.88. The number of hydrogen-bond donors (Lipinski definition) is 4. The van der Waals surface area contributed by atoms with Crippen molar-refractivity contribution in [1.29, 1.82) is 0 Å². The molecular formula is C23H24N6O. The normalized spacial score (nSPS) is 9.07. The molecule has 2 aromatic heterocycles. The molecule has 0 aliphatic carbocycles. The van der Waals surface area contributed by atoms with Crippen LogP contribution >= 0.6 is 0 Å². The summed E-state index contributed by atoms with van der Waals surface area (Å²) in [5.74, 6) is 0. The molecule has 0 radical (unpaired) electrons. The highest BCUT2D eigenvalue weighted by Gasteiger charge is 1.88. The Morgan fingerprint density at radius 2 is 1.40 bits per heavy atom. The van der Waals surface area contributed by atoms with Crippen LogP contribution in [0.15, 0.2) is 104 Å². The van der Waals surface area contributed by atoms with Crippen LogP contribution in [-0.4, -0.2) is 26.2 Å². The first kappa shape index (κ1) is 21.9. The van der Waals surface area contributed by atoms with E-state index in [4.69, 9.17) is 11.5 Å². The number of aromatic amines is 2. The molecule has 0 bridgehead atoms. The summed E-state index contributed by atoms with van der Waals surface area (Å²) in [6, 6.07) is 24.1. The van der Waals surface area contributed by atoms with Crippen molar-refractivity contribution in [2.75, 3.05) is 11.5 Å². The number of carbonyl (C=O) groups is 1. The summed E-state index contributed by atoms with van der Waals surface area (Å²) in [5.41, 5.74) is 15.1. The van der Waals surface area contributed by atoms with Gasteiger partial charge in [0.2, 0.25) is 0 Å². The average molecular weight is 400 g/mol. The van der Waals surface area contributed by atoms with E-state index in [2.05, 4.69) is 19.9 Å². The lowest BCUT2D eigenvalue weighted by Crippen LogP contribution is -1.86. The van der Waals surface area contributed by atoms with Crippen molar-refractivity contribution in [2.45, 2.75) is 0 Å². The Labute approximate surface area is 174 Å². The lowest BCUT2D eigenvalue weighted by molar-refractivity contribution is 0.112. The van der Waals surface area contributed by atoms with Crippen LogP contribution in [0, 0.1) is 0 Å². The molecule has 0 spiro atoms. The number of nitrogens with one attached hydrogen (secondary N) is 2. The molecular weight excluding hydrogens is 376 g/mol. The molecule has 2 heterocycles. The van der Waals surface area contributed by atoms with E-state index in [0.29, 0.717) is 0 Å². The number of carbonyl (C=O) groups excluding carboxylic acids is 1. The number of para-hydroxylation sites is 2. The van der Waals surface area contributed by atoms with Crippen molar-refractivity contribution < 1.29 is 4.79 Å². The fourth-order valence-corrected chi connectivity index (χ4v) is 2.12. The number of fused-ring (bicyclic) bond motifs is 1. The number of hydrogen-bond acceptors (Lipinski definition) is 5. The fourth-order valence-electron chi connectivity index (χ4n) is 2.12. The van der Waals surface area contributed by atoms with E-state index in [9.17, 15) is 4.79 Å². The smallest absolute Gasteiger partial charge is 0.150 e. The van der Waals surface area contributed by atoms with Gasteiger partial charge in [0.05, 0.1) is 23.7 Å². The van der Waals surface area contributed by atoms with Gasteiger partial charge in [0.25, 0.3) is 0 Å². The summed E-state index contributed by atoms with van der Waals surface area (Å²) in [7, 11) is 0. The maximum absolute atomic E-state index is 10.0. The molecule has 3 aromatic carbocycles. The molecule has 0 saturated carbocycles. The summed E-state index contributed by atoms with van der Waals surface area (Å²) < 4.78 is 0. The first-order valence-corrected chi connectivity index (χ1v) is 9.11. The molecule has 0 fully saturated rings. The Morgan fingerprint density at radius 3 is 1.87 bits per heavy atom. The summed E-state index contributed by atoms with van der Waals surface area (Å²) >= 11 is 0. The van der Waals surface area contributed by atoms with Crippen molar-refractivity contribution in [1.82, 2.24) is 19.9 Å². The van der Waals surface area contributed by atoms with Crippen molar-refractivity contribution in [3.05, 3.63) is 109 Å². The second kappa shape index (κ2) is 12.9. The Bertz CT molecular complexity index is 1010. The number of nitrogen functional groups attached to an aromatic ring is 2. The molecule has 7 nitrogen and oxygen atoms in total. The predicted octanol–water partition coefficient (Wildman–Crippen LogP) is 4.32. The first-order valence-electron chi connectivity index (χ1n) is 9.11. The van der Waals surface area contributed by atoms with Gasteiger partial charge in [-0.2, -0.15) is 0 Å². The third kappa shape index (κ3) is 8.53. The van der Waals surface area contributed by atoms with Crippen LogP contribution in [0.3, 0.4) is 0 Å². The zero-order valence-electron chi connectivity index (χ0n) is 16.3. The van der Waals surface area contributed by atoms with E-state index in [1.807, 2.05) is 42.5 Å². The number of anilines is 2. The SMILES string of the molecule is Nc1ccc(N)cc1.O=Cc1ccccc1.c1c[nH]cn1.c1ccc2[nH]cnc2c1. The zero-order valence-corrected chi connectivity index (χ0v) is 16.3. The van der Waals surface area contributed by atoms with Crippen LogP contribution in [0.4, 0.5) is 11.4 Å². The lowest BCUT2D eigenvalue weighted by Gasteiger charge is -1.90. The molecule has 5 rings (SSSR count). The van der Waals surface area contributed by atoms with Gasteiger partial charge in [0.15, 0.2) is 0 Å². The Kier molecular flexibility index (Phi) is 9.42. The molecule has 0 aliphatic rings. The minimum Gasteiger partial charge on any atom is -0.399 e. The standard InChI is InChI=1S/C7H6N2.C7H6O.C6H8N2.C3H4N2/c1-2-4-7-6(3-1)8-5-9-7;8-6-7-4-2-1-3-5-7;7-5-1-2-6(8)4-3-5;1-2-5-3-4-1/h1-5H,(H,8,9);1-6H;1-4H,7-8H2;1-3H,(H,4,5). The van der Waals surface area contributed by atoms with E-state index >= 15 is 0 Å². The van der Waals surface area contributed by atoms with E-state index < -0.39 is 0 Å². The number of aromatic nitrogens is 4. The number of aldehydes is 1. The van der Waals surface area contributed by atoms with Crippen LogP contribution in [0.25, 0.3) is 11.0 Å². The highest BCUT2D eigenvalue weighted by Crippen LogP contribution is 2.05. The first-order chi connectivity index (χ1) is 14.7. The molecule has 0 unspecified atom stereocenters. The Hall–Kier alpha value is -4.39. The highest BCUT2D eigenvalue weighted by atomic mass is 16.1. The summed E-state index contributed by atoms with van der Waals surface area (Å²) in [6.45, 7) is 0. The fraction of sp³-hybridized carbons (Fsp3) is 0. The molecule has 0 aliphatic heterocycles. The number of rotatable bonds is 1. The van der Waals surface area contributed by atoms with Gasteiger partial charge in [-0.3, -0.25) is 4.79 Å². The molecule has 6 N–H and O–H groups in total. The number of H-pyrrole nitrogens is 2. The summed E-state index contributed by atoms with van der Waals surface area (Å²) in [5, 5.41) is 0. The van der Waals surface area contributed by atoms with Crippen molar-refractivity contribution in [2.24, 2.45) is 0 Å². The molecule has 152 valence electrons. The quantitative estimate of drug-likeness (QED) is 0.246. The maximum atomic E-state index is 10.0. The molecule has 0 amide bonds. The van der Waals surface area contributed by atoms with Crippen LogP contribution in [0.2, 0.25) is 0 Å². The summed E-state index contributed by atoms with van der Waals surface area (Å²) in [4.78, 5) is 23.5. The van der Waals surface area contributed by atoms with E-state index in [1.54, 1.807) is 61.4 Å². The van der Waals surface area contributed by atoms with Gasteiger partial charge in [-0.15, -0.1) is 0 Å². The number of benzene rings is 3. The van der Waals surface area contributed by atoms with Crippen molar-refractivity contribution in [3.63, 3.8) is 0 Å². The van der Waals surface area contributed by atoms with Gasteiger partial charge in [0, 0.05) is 29.3 Å². The van der Waals surface area contributed by atoms with Crippen molar-refractivity contribution >= 4 is 28.7 Å². The molecule has 7 heteroatoms. The molecule has 5 aromatic rings. The van der Waals surface area contributed by atoms with Gasteiger partial charge >= 0.3 is 0 Å².